The van der Waals surface area contributed by atoms with Crippen molar-refractivity contribution in [2.75, 3.05) is 13.1 Å². The molecule has 0 bridgehead atoms. The first-order chi connectivity index (χ1) is 13.3. The highest BCUT2D eigenvalue weighted by Crippen LogP contribution is 2.10. The van der Waals surface area contributed by atoms with Crippen LogP contribution in [-0.4, -0.2) is 23.9 Å². The molecule has 0 aromatic rings. The lowest BCUT2D eigenvalue weighted by molar-refractivity contribution is -0.126. The van der Waals surface area contributed by atoms with Crippen molar-refractivity contribution in [1.29, 1.82) is 0 Å². The fourth-order valence-corrected chi connectivity index (χ4v) is 3.51. The average molecular weight is 374 g/mol. The van der Waals surface area contributed by atoms with Gasteiger partial charge in [0.1, 0.15) is 0 Å². The molecule has 154 valence electrons. The summed E-state index contributed by atoms with van der Waals surface area (Å²) in [6.45, 7) is 4.13. The molecular formula is C25H43NO. The van der Waals surface area contributed by atoms with Gasteiger partial charge in [0.2, 0.25) is 5.91 Å². The van der Waals surface area contributed by atoms with Crippen molar-refractivity contribution < 1.29 is 4.79 Å². The van der Waals surface area contributed by atoms with Gasteiger partial charge in [-0.3, -0.25) is 4.79 Å². The van der Waals surface area contributed by atoms with Gasteiger partial charge in [-0.15, -0.1) is 0 Å². The van der Waals surface area contributed by atoms with Gasteiger partial charge in [-0.25, -0.2) is 0 Å². The fraction of sp³-hybridized carbons (Fsp3) is 0.720. The summed E-state index contributed by atoms with van der Waals surface area (Å²) in [4.78, 5) is 13.9. The van der Waals surface area contributed by atoms with Crippen molar-refractivity contribution in [3.05, 3.63) is 36.5 Å². The average Bonchev–Trinajstić information content (AvgIpc) is 2.70. The van der Waals surface area contributed by atoms with Gasteiger partial charge < -0.3 is 4.90 Å². The van der Waals surface area contributed by atoms with E-state index in [9.17, 15) is 4.79 Å². The van der Waals surface area contributed by atoms with Crippen LogP contribution in [0.25, 0.3) is 0 Å². The second kappa shape index (κ2) is 18.1. The van der Waals surface area contributed by atoms with Crippen molar-refractivity contribution in [1.82, 2.24) is 4.90 Å². The summed E-state index contributed by atoms with van der Waals surface area (Å²) >= 11 is 0. The third-order valence-electron chi connectivity index (χ3n) is 5.29. The molecule has 0 spiro atoms. The molecule has 1 fully saturated rings. The highest BCUT2D eigenvalue weighted by atomic mass is 16.2. The molecule has 27 heavy (non-hydrogen) atoms. The maximum Gasteiger partial charge on any atom is 0.246 e. The van der Waals surface area contributed by atoms with Crippen LogP contribution in [0.2, 0.25) is 0 Å². The zero-order valence-electron chi connectivity index (χ0n) is 17.8. The summed E-state index contributed by atoms with van der Waals surface area (Å²) in [5.41, 5.74) is 0. The third-order valence-corrected chi connectivity index (χ3v) is 5.29. The van der Waals surface area contributed by atoms with E-state index in [1.807, 2.05) is 17.1 Å². The highest BCUT2D eigenvalue weighted by molar-refractivity contribution is 5.87. The van der Waals surface area contributed by atoms with Gasteiger partial charge in [-0.2, -0.15) is 0 Å². The molecule has 0 atom stereocenters. The van der Waals surface area contributed by atoms with Crippen LogP contribution in [-0.2, 0) is 4.79 Å². The highest BCUT2D eigenvalue weighted by Gasteiger charge is 2.12. The number of nitrogens with zero attached hydrogens (tertiary/aromatic N) is 1. The summed E-state index contributed by atoms with van der Waals surface area (Å²) in [6.07, 6.45) is 31.9. The number of likely N-dealkylation sites (tertiary alicyclic amines) is 1. The Balaban J connectivity index is 1.86. The summed E-state index contributed by atoms with van der Waals surface area (Å²) in [5.74, 6) is 0.176. The lowest BCUT2D eigenvalue weighted by atomic mass is 10.1. The smallest absolute Gasteiger partial charge is 0.246 e. The molecule has 0 unspecified atom stereocenters. The number of hydrogen-bond acceptors (Lipinski definition) is 1. The van der Waals surface area contributed by atoms with Crippen molar-refractivity contribution in [3.63, 3.8) is 0 Å². The molecule has 1 aliphatic heterocycles. The van der Waals surface area contributed by atoms with E-state index in [4.69, 9.17) is 0 Å². The van der Waals surface area contributed by atoms with Gasteiger partial charge in [-0.05, 0) is 57.8 Å². The SMILES string of the molecule is CCCCC/C=C\CCCCCCCC/C=C/C=C/C(=O)N1CCCCC1. The van der Waals surface area contributed by atoms with Crippen LogP contribution >= 0.6 is 0 Å². The minimum Gasteiger partial charge on any atom is -0.339 e. The van der Waals surface area contributed by atoms with Crippen LogP contribution in [0.4, 0.5) is 0 Å². The van der Waals surface area contributed by atoms with E-state index in [0.717, 1.165) is 32.4 Å². The molecule has 1 saturated heterocycles. The van der Waals surface area contributed by atoms with E-state index in [2.05, 4.69) is 25.2 Å². The topological polar surface area (TPSA) is 20.3 Å². The first kappa shape index (κ1) is 23.7. The lowest BCUT2D eigenvalue weighted by Gasteiger charge is -2.25. The van der Waals surface area contributed by atoms with Crippen LogP contribution in [0.5, 0.6) is 0 Å². The predicted molar refractivity (Wildman–Crippen MR) is 119 cm³/mol. The van der Waals surface area contributed by atoms with Gasteiger partial charge in [-0.1, -0.05) is 75.8 Å². The fourth-order valence-electron chi connectivity index (χ4n) is 3.51. The number of unbranched alkanes of at least 4 members (excludes halogenated alkanes) is 10. The molecule has 0 aromatic carbocycles. The monoisotopic (exact) mass is 373 g/mol. The number of rotatable bonds is 15. The number of piperidine rings is 1. The zero-order chi connectivity index (χ0) is 19.4. The summed E-state index contributed by atoms with van der Waals surface area (Å²) in [6, 6.07) is 0. The predicted octanol–water partition coefficient (Wildman–Crippen LogP) is 7.37. The Bertz CT molecular complexity index is 430. The molecule has 1 heterocycles. The molecule has 0 aliphatic carbocycles. The van der Waals surface area contributed by atoms with E-state index in [0.29, 0.717) is 0 Å². The van der Waals surface area contributed by atoms with Crippen LogP contribution in [0.3, 0.4) is 0 Å². The maximum absolute atomic E-state index is 12.0. The standard InChI is InChI=1S/C25H43NO/c1-2-3-4-5-6-7-8-9-10-11-12-13-14-15-16-17-19-22-25(27)26-23-20-18-21-24-26/h6-7,16-17,19,22H,2-5,8-15,18,20-21,23-24H2,1H3/b7-6-,17-16+,22-19+. The van der Waals surface area contributed by atoms with Crippen LogP contribution in [0.1, 0.15) is 103 Å². The number of hydrogen-bond donors (Lipinski definition) is 0. The first-order valence-corrected chi connectivity index (χ1v) is 11.6. The first-order valence-electron chi connectivity index (χ1n) is 11.6. The molecule has 0 aromatic heterocycles. The Labute approximate surface area is 168 Å². The van der Waals surface area contributed by atoms with E-state index in [1.54, 1.807) is 6.08 Å². The van der Waals surface area contributed by atoms with Gasteiger partial charge in [0.05, 0.1) is 0 Å². The van der Waals surface area contributed by atoms with Crippen molar-refractivity contribution in [3.8, 4) is 0 Å². The largest absolute Gasteiger partial charge is 0.339 e. The Morgan fingerprint density at radius 3 is 1.89 bits per heavy atom. The molecule has 0 saturated carbocycles. The molecule has 0 radical (unpaired) electrons. The van der Waals surface area contributed by atoms with Crippen molar-refractivity contribution in [2.24, 2.45) is 0 Å². The summed E-state index contributed by atoms with van der Waals surface area (Å²) in [7, 11) is 0. The zero-order valence-corrected chi connectivity index (χ0v) is 17.8. The molecule has 1 aliphatic rings. The van der Waals surface area contributed by atoms with Crippen molar-refractivity contribution in [2.45, 2.75) is 103 Å². The number of carbonyl (C=O) groups excluding carboxylic acids is 1. The van der Waals surface area contributed by atoms with E-state index < -0.39 is 0 Å². The van der Waals surface area contributed by atoms with E-state index >= 15 is 0 Å². The number of carbonyl (C=O) groups is 1. The van der Waals surface area contributed by atoms with E-state index in [1.165, 1.54) is 77.0 Å². The molecular weight excluding hydrogens is 330 g/mol. The third kappa shape index (κ3) is 14.4. The Morgan fingerprint density at radius 2 is 1.26 bits per heavy atom. The Hall–Kier alpha value is -1.31. The molecule has 1 rings (SSSR count). The van der Waals surface area contributed by atoms with Crippen LogP contribution in [0.15, 0.2) is 36.5 Å². The van der Waals surface area contributed by atoms with Gasteiger partial charge in [0.15, 0.2) is 0 Å². The van der Waals surface area contributed by atoms with Crippen molar-refractivity contribution >= 4 is 5.91 Å². The molecule has 2 heteroatoms. The van der Waals surface area contributed by atoms with Gasteiger partial charge >= 0.3 is 0 Å². The second-order valence-electron chi connectivity index (χ2n) is 7.84. The second-order valence-corrected chi connectivity index (χ2v) is 7.84. The van der Waals surface area contributed by atoms with Gasteiger partial charge in [0.25, 0.3) is 0 Å². The lowest BCUT2D eigenvalue weighted by Crippen LogP contribution is -2.34. The minimum absolute atomic E-state index is 0.176. The summed E-state index contributed by atoms with van der Waals surface area (Å²) < 4.78 is 0. The quantitative estimate of drug-likeness (QED) is 0.127. The molecule has 0 N–H and O–H groups in total. The Morgan fingerprint density at radius 1 is 0.704 bits per heavy atom. The van der Waals surface area contributed by atoms with Crippen LogP contribution in [0, 0.1) is 0 Å². The Kier molecular flexibility index (Phi) is 15.9. The maximum atomic E-state index is 12.0. The number of amides is 1. The van der Waals surface area contributed by atoms with Crippen LogP contribution < -0.4 is 0 Å². The number of allylic oxidation sites excluding steroid dienone is 5. The van der Waals surface area contributed by atoms with Gasteiger partial charge in [0, 0.05) is 19.2 Å². The normalized spacial score (nSPS) is 15.5. The summed E-state index contributed by atoms with van der Waals surface area (Å²) in [5, 5.41) is 0. The van der Waals surface area contributed by atoms with E-state index in [-0.39, 0.29) is 5.91 Å². The minimum atomic E-state index is 0.176. The molecule has 1 amide bonds. The molecule has 2 nitrogen and oxygen atoms in total.